The van der Waals surface area contributed by atoms with E-state index in [2.05, 4.69) is 20.4 Å². The molecule has 1 atom stereocenters. The first-order chi connectivity index (χ1) is 17.2. The van der Waals surface area contributed by atoms with Crippen LogP contribution in [0.25, 0.3) is 5.82 Å². The van der Waals surface area contributed by atoms with Crippen LogP contribution in [0.3, 0.4) is 0 Å². The van der Waals surface area contributed by atoms with Crippen LogP contribution < -0.4 is 15.7 Å². The van der Waals surface area contributed by atoms with Crippen LogP contribution in [0.1, 0.15) is 28.7 Å². The van der Waals surface area contributed by atoms with Gasteiger partial charge < -0.3 is 15.2 Å². The first kappa shape index (κ1) is 27.9. The number of amides is 1. The van der Waals surface area contributed by atoms with Gasteiger partial charge in [-0.05, 0) is 31.5 Å². The second-order valence-electron chi connectivity index (χ2n) is 7.47. The predicted octanol–water partition coefficient (Wildman–Crippen LogP) is 3.26. The lowest BCUT2D eigenvalue weighted by atomic mass is 10.2. The van der Waals surface area contributed by atoms with Gasteiger partial charge in [0, 0.05) is 6.20 Å². The molecule has 0 saturated heterocycles. The number of nitrogens with one attached hydrogen (secondary N) is 1. The zero-order valence-electron chi connectivity index (χ0n) is 18.9. The van der Waals surface area contributed by atoms with E-state index in [0.717, 1.165) is 0 Å². The molecule has 200 valence electrons. The fourth-order valence-corrected chi connectivity index (χ4v) is 3.22. The van der Waals surface area contributed by atoms with Gasteiger partial charge in [0.25, 0.3) is 12.3 Å². The number of anilines is 1. The fourth-order valence-electron chi connectivity index (χ4n) is 2.97. The van der Waals surface area contributed by atoms with Crippen LogP contribution >= 0.6 is 11.6 Å². The van der Waals surface area contributed by atoms with E-state index >= 15 is 4.39 Å². The van der Waals surface area contributed by atoms with Crippen LogP contribution in [0.15, 0.2) is 23.1 Å². The minimum absolute atomic E-state index is 0.0250. The average molecular weight is 555 g/mol. The molecule has 3 rings (SSSR count). The van der Waals surface area contributed by atoms with Gasteiger partial charge in [-0.3, -0.25) is 9.36 Å². The maximum Gasteiger partial charge on any atom is 0.425 e. The standard InChI is InChI=1S/C20H17ClF6N6O4/c1-8-3-4-28-15(21)14(8)29-17(35)10-5-11(22)16(30-18(10)37-9(2)20(25,26)27)33-19(36)32(6-12(23)24)13(7-34)31-33/h3-5,9,12,34H,6-7H2,1-2H3,(H,29,35)/t9-/m0/s1. The van der Waals surface area contributed by atoms with Crippen molar-refractivity contribution >= 4 is 23.2 Å². The second-order valence-corrected chi connectivity index (χ2v) is 7.82. The smallest absolute Gasteiger partial charge is 0.425 e. The summed E-state index contributed by atoms with van der Waals surface area (Å²) in [5.41, 5.74) is -1.81. The summed E-state index contributed by atoms with van der Waals surface area (Å²) >= 11 is 5.95. The molecular weight excluding hydrogens is 538 g/mol. The van der Waals surface area contributed by atoms with E-state index in [1.165, 1.54) is 19.2 Å². The van der Waals surface area contributed by atoms with Gasteiger partial charge in [0.15, 0.2) is 28.7 Å². The lowest BCUT2D eigenvalue weighted by Gasteiger charge is -2.19. The van der Waals surface area contributed by atoms with E-state index in [1.54, 1.807) is 0 Å². The summed E-state index contributed by atoms with van der Waals surface area (Å²) < 4.78 is 85.6. The van der Waals surface area contributed by atoms with Gasteiger partial charge in [-0.25, -0.2) is 22.9 Å². The number of aryl methyl sites for hydroxylation is 1. The second kappa shape index (κ2) is 10.8. The number of ether oxygens (including phenoxy) is 1. The molecule has 0 aromatic carbocycles. The van der Waals surface area contributed by atoms with Crippen molar-refractivity contribution < 1.29 is 41.0 Å². The Labute approximate surface area is 208 Å². The maximum atomic E-state index is 15.1. The number of rotatable bonds is 8. The molecule has 0 unspecified atom stereocenters. The third-order valence-corrected chi connectivity index (χ3v) is 5.16. The summed E-state index contributed by atoms with van der Waals surface area (Å²) in [4.78, 5) is 32.8. The minimum Gasteiger partial charge on any atom is -0.464 e. The molecule has 1 amide bonds. The fraction of sp³-hybridized carbons (Fsp3) is 0.350. The van der Waals surface area contributed by atoms with Crippen LogP contribution in [-0.2, 0) is 13.2 Å². The van der Waals surface area contributed by atoms with Crippen LogP contribution in [-0.4, -0.2) is 54.0 Å². The number of halogens is 7. The quantitative estimate of drug-likeness (QED) is 0.323. The summed E-state index contributed by atoms with van der Waals surface area (Å²) in [6, 6.07) is 1.89. The number of pyridine rings is 2. The van der Waals surface area contributed by atoms with Crippen molar-refractivity contribution in [3.8, 4) is 11.7 Å². The first-order valence-electron chi connectivity index (χ1n) is 10.2. The molecule has 3 heterocycles. The molecule has 17 heteroatoms. The topological polar surface area (TPSA) is 124 Å². The number of aromatic nitrogens is 5. The Balaban J connectivity index is 2.16. The monoisotopic (exact) mass is 554 g/mol. The van der Waals surface area contributed by atoms with Crippen LogP contribution in [0.4, 0.5) is 32.0 Å². The summed E-state index contributed by atoms with van der Waals surface area (Å²) in [5.74, 6) is -5.35. The normalized spacial score (nSPS) is 12.6. The molecule has 2 N–H and O–H groups in total. The summed E-state index contributed by atoms with van der Waals surface area (Å²) in [6.45, 7) is -0.0929. The van der Waals surface area contributed by atoms with Gasteiger partial charge in [0.2, 0.25) is 5.88 Å². The number of aliphatic hydroxyl groups excluding tert-OH is 1. The Hall–Kier alpha value is -3.66. The molecule has 37 heavy (non-hydrogen) atoms. The minimum atomic E-state index is -4.94. The number of carbonyl (C=O) groups is 1. The Morgan fingerprint density at radius 3 is 2.57 bits per heavy atom. The van der Waals surface area contributed by atoms with Crippen LogP contribution in [0.5, 0.6) is 5.88 Å². The molecule has 0 aliphatic carbocycles. The highest BCUT2D eigenvalue weighted by molar-refractivity contribution is 6.32. The van der Waals surface area contributed by atoms with Crippen molar-refractivity contribution in [3.63, 3.8) is 0 Å². The van der Waals surface area contributed by atoms with Gasteiger partial charge in [0.05, 0.1) is 12.2 Å². The zero-order valence-corrected chi connectivity index (χ0v) is 19.6. The van der Waals surface area contributed by atoms with Crippen molar-refractivity contribution in [2.75, 3.05) is 5.32 Å². The highest BCUT2D eigenvalue weighted by Crippen LogP contribution is 2.30. The Morgan fingerprint density at radius 2 is 2.00 bits per heavy atom. The average Bonchev–Trinajstić information content (AvgIpc) is 3.11. The number of aliphatic hydroxyl groups is 1. The van der Waals surface area contributed by atoms with Crippen LogP contribution in [0, 0.1) is 12.7 Å². The van der Waals surface area contributed by atoms with Crippen molar-refractivity contribution in [2.24, 2.45) is 0 Å². The molecule has 0 bridgehead atoms. The molecule has 0 spiro atoms. The van der Waals surface area contributed by atoms with Crippen molar-refractivity contribution in [2.45, 2.75) is 45.7 Å². The SMILES string of the molecule is Cc1ccnc(Cl)c1NC(=O)c1cc(F)c(-n2nc(CO)n(CC(F)F)c2=O)nc1O[C@@H](C)C(F)(F)F. The number of hydrogen-bond acceptors (Lipinski definition) is 7. The van der Waals surface area contributed by atoms with E-state index < -0.39 is 72.4 Å². The number of hydrogen-bond donors (Lipinski definition) is 2. The van der Waals surface area contributed by atoms with E-state index in [4.69, 9.17) is 16.3 Å². The first-order valence-corrected chi connectivity index (χ1v) is 10.6. The lowest BCUT2D eigenvalue weighted by molar-refractivity contribution is -0.190. The molecule has 10 nitrogen and oxygen atoms in total. The van der Waals surface area contributed by atoms with Gasteiger partial charge >= 0.3 is 11.9 Å². The third-order valence-electron chi connectivity index (χ3n) is 4.87. The Morgan fingerprint density at radius 1 is 1.32 bits per heavy atom. The molecule has 3 aromatic heterocycles. The highest BCUT2D eigenvalue weighted by atomic mass is 35.5. The third kappa shape index (κ3) is 6.02. The van der Waals surface area contributed by atoms with Gasteiger partial charge in [-0.15, -0.1) is 5.10 Å². The zero-order chi connectivity index (χ0) is 27.7. The molecule has 0 fully saturated rings. The molecule has 0 radical (unpaired) electrons. The van der Waals surface area contributed by atoms with Crippen molar-refractivity contribution in [3.05, 3.63) is 56.7 Å². The summed E-state index contributed by atoms with van der Waals surface area (Å²) in [5, 5.41) is 15.0. The predicted molar refractivity (Wildman–Crippen MR) is 116 cm³/mol. The lowest BCUT2D eigenvalue weighted by Crippen LogP contribution is -2.33. The molecule has 0 saturated carbocycles. The molecule has 0 aliphatic heterocycles. The van der Waals surface area contributed by atoms with Gasteiger partial charge in [-0.2, -0.15) is 22.8 Å². The van der Waals surface area contributed by atoms with E-state index in [9.17, 15) is 36.6 Å². The van der Waals surface area contributed by atoms with Crippen molar-refractivity contribution in [1.29, 1.82) is 0 Å². The number of carbonyl (C=O) groups excluding carboxylic acids is 1. The Kier molecular flexibility index (Phi) is 8.12. The van der Waals surface area contributed by atoms with Gasteiger partial charge in [-0.1, -0.05) is 11.6 Å². The Bertz CT molecular complexity index is 1360. The number of nitrogens with zero attached hydrogens (tertiary/aromatic N) is 5. The molecule has 0 aliphatic rings. The maximum absolute atomic E-state index is 15.1. The highest BCUT2D eigenvalue weighted by Gasteiger charge is 2.39. The van der Waals surface area contributed by atoms with Crippen molar-refractivity contribution in [1.82, 2.24) is 24.3 Å². The van der Waals surface area contributed by atoms with Gasteiger partial charge in [0.1, 0.15) is 12.2 Å². The van der Waals surface area contributed by atoms with Crippen LogP contribution in [0.2, 0.25) is 5.15 Å². The molecular formula is C20H17ClF6N6O4. The largest absolute Gasteiger partial charge is 0.464 e. The summed E-state index contributed by atoms with van der Waals surface area (Å²) in [6.07, 6.45) is -9.21. The van der Waals surface area contributed by atoms with E-state index in [0.29, 0.717) is 23.1 Å². The summed E-state index contributed by atoms with van der Waals surface area (Å²) in [7, 11) is 0. The number of alkyl halides is 5. The molecule has 3 aromatic rings. The van der Waals surface area contributed by atoms with E-state index in [1.807, 2.05) is 0 Å². The van der Waals surface area contributed by atoms with E-state index in [-0.39, 0.29) is 15.5 Å².